The van der Waals surface area contributed by atoms with Gasteiger partial charge in [0, 0.05) is 38.4 Å². The Bertz CT molecular complexity index is 1250. The van der Waals surface area contributed by atoms with Gasteiger partial charge in [-0.05, 0) is 67.5 Å². The van der Waals surface area contributed by atoms with Crippen molar-refractivity contribution in [2.45, 2.75) is 50.7 Å². The number of carbonyl (C=O) groups is 1. The molecule has 2 saturated heterocycles. The number of carbonyl (C=O) groups excluding carboxylic acids is 1. The van der Waals surface area contributed by atoms with Crippen LogP contribution in [0.2, 0.25) is 0 Å². The fourth-order valence-corrected chi connectivity index (χ4v) is 6.43. The van der Waals surface area contributed by atoms with Crippen LogP contribution in [-0.4, -0.2) is 70.2 Å². The van der Waals surface area contributed by atoms with Crippen molar-refractivity contribution >= 4 is 29.5 Å². The lowest BCUT2D eigenvalue weighted by Crippen LogP contribution is -2.48. The molecule has 0 N–H and O–H groups in total. The van der Waals surface area contributed by atoms with Crippen molar-refractivity contribution < 1.29 is 22.4 Å². The topological polar surface area (TPSA) is 78.6 Å². The molecule has 0 aliphatic carbocycles. The molecule has 2 fully saturated rings. The van der Waals surface area contributed by atoms with Gasteiger partial charge in [0.25, 0.3) is 5.89 Å². The molecule has 4 heterocycles. The van der Waals surface area contributed by atoms with Crippen molar-refractivity contribution in [1.82, 2.24) is 20.1 Å². The molecule has 208 valence electrons. The van der Waals surface area contributed by atoms with E-state index in [0.29, 0.717) is 29.4 Å². The van der Waals surface area contributed by atoms with Gasteiger partial charge in [0.1, 0.15) is 5.82 Å². The number of hydrogen-bond acceptors (Lipinski definition) is 8. The first-order valence-corrected chi connectivity index (χ1v) is 14.2. The summed E-state index contributed by atoms with van der Waals surface area (Å²) in [5.74, 6) is 1.20. The van der Waals surface area contributed by atoms with Gasteiger partial charge in [0.2, 0.25) is 12.3 Å². The van der Waals surface area contributed by atoms with Crippen LogP contribution in [-0.2, 0) is 11.3 Å². The maximum absolute atomic E-state index is 14.4. The van der Waals surface area contributed by atoms with Crippen LogP contribution in [0.25, 0.3) is 11.5 Å². The molecule has 0 saturated carbocycles. The normalized spacial score (nSPS) is 17.5. The monoisotopic (exact) mass is 560 g/mol. The highest BCUT2D eigenvalue weighted by Gasteiger charge is 2.29. The zero-order chi connectivity index (χ0) is 27.4. The molecule has 1 aromatic carbocycles. The molecular formula is C27H31F3N6O2S. The lowest BCUT2D eigenvalue weighted by molar-refractivity contribution is -0.107. The SMILES string of the molecule is CN(c1ccc(F)cc1N(C=O)Cc1ccc(-c2nnc(C(F)F)o2)cn1)C1CCN(C2CCSCC2)CC1. The Hall–Kier alpha value is -3.12. The Kier molecular flexibility index (Phi) is 8.71. The van der Waals surface area contributed by atoms with Crippen LogP contribution in [0.15, 0.2) is 40.9 Å². The van der Waals surface area contributed by atoms with Crippen LogP contribution < -0.4 is 9.80 Å². The van der Waals surface area contributed by atoms with E-state index in [9.17, 15) is 18.0 Å². The third-order valence-electron chi connectivity index (χ3n) is 7.54. The summed E-state index contributed by atoms with van der Waals surface area (Å²) in [6, 6.07) is 8.70. The van der Waals surface area contributed by atoms with Crippen LogP contribution in [0.1, 0.15) is 43.7 Å². The zero-order valence-electron chi connectivity index (χ0n) is 21.7. The Balaban J connectivity index is 1.28. The second kappa shape index (κ2) is 12.4. The van der Waals surface area contributed by atoms with E-state index in [-0.39, 0.29) is 18.5 Å². The molecule has 8 nitrogen and oxygen atoms in total. The maximum atomic E-state index is 14.4. The number of piperidine rings is 1. The molecule has 5 rings (SSSR count). The number of benzene rings is 1. The van der Waals surface area contributed by atoms with Crippen molar-refractivity contribution in [2.75, 3.05) is 41.4 Å². The quantitative estimate of drug-likeness (QED) is 0.332. The van der Waals surface area contributed by atoms with E-state index in [0.717, 1.165) is 31.6 Å². The summed E-state index contributed by atoms with van der Waals surface area (Å²) in [4.78, 5) is 22.7. The molecule has 0 atom stereocenters. The summed E-state index contributed by atoms with van der Waals surface area (Å²) in [5.41, 5.74) is 2.14. The van der Waals surface area contributed by atoms with E-state index in [1.54, 1.807) is 18.2 Å². The van der Waals surface area contributed by atoms with Gasteiger partial charge in [-0.15, -0.1) is 10.2 Å². The molecule has 0 unspecified atom stereocenters. The van der Waals surface area contributed by atoms with Gasteiger partial charge in [-0.2, -0.15) is 20.5 Å². The third kappa shape index (κ3) is 6.38. The predicted octanol–water partition coefficient (Wildman–Crippen LogP) is 5.17. The number of aromatic nitrogens is 3. The summed E-state index contributed by atoms with van der Waals surface area (Å²) < 4.78 is 44.9. The van der Waals surface area contributed by atoms with Crippen LogP contribution in [0, 0.1) is 5.82 Å². The van der Waals surface area contributed by atoms with Gasteiger partial charge in [-0.1, -0.05) is 0 Å². The molecule has 3 aromatic rings. The lowest BCUT2D eigenvalue weighted by Gasteiger charge is -2.42. The molecule has 0 radical (unpaired) electrons. The molecule has 0 spiro atoms. The number of rotatable bonds is 9. The Labute approximate surface area is 229 Å². The van der Waals surface area contributed by atoms with E-state index in [2.05, 4.69) is 25.0 Å². The second-order valence-corrected chi connectivity index (χ2v) is 11.1. The summed E-state index contributed by atoms with van der Waals surface area (Å²) in [7, 11) is 2.00. The Morgan fingerprint density at radius 1 is 1.10 bits per heavy atom. The molecule has 2 aliphatic heterocycles. The van der Waals surface area contributed by atoms with E-state index in [1.807, 2.05) is 18.8 Å². The summed E-state index contributed by atoms with van der Waals surface area (Å²) in [5, 5.41) is 6.95. The summed E-state index contributed by atoms with van der Waals surface area (Å²) in [6.07, 6.45) is 3.73. The van der Waals surface area contributed by atoms with Crippen LogP contribution >= 0.6 is 11.8 Å². The minimum atomic E-state index is -2.86. The van der Waals surface area contributed by atoms with Crippen LogP contribution in [0.3, 0.4) is 0 Å². The number of likely N-dealkylation sites (tertiary alicyclic amines) is 1. The first kappa shape index (κ1) is 27.4. The van der Waals surface area contributed by atoms with Crippen LogP contribution in [0.4, 0.5) is 24.5 Å². The van der Waals surface area contributed by atoms with Crippen LogP contribution in [0.5, 0.6) is 0 Å². The van der Waals surface area contributed by atoms with Crippen molar-refractivity contribution in [3.63, 3.8) is 0 Å². The van der Waals surface area contributed by atoms with E-state index in [1.165, 1.54) is 47.6 Å². The number of halogens is 3. The third-order valence-corrected chi connectivity index (χ3v) is 8.59. The fourth-order valence-electron chi connectivity index (χ4n) is 5.35. The summed E-state index contributed by atoms with van der Waals surface area (Å²) >= 11 is 2.04. The lowest BCUT2D eigenvalue weighted by atomic mass is 9.99. The van der Waals surface area contributed by atoms with Gasteiger partial charge < -0.3 is 19.1 Å². The standard InChI is InChI=1S/C27H31F3N6O2S/c1-34(21-6-10-35(11-7-21)22-8-12-39-13-9-22)23-5-3-19(28)14-24(23)36(17-37)16-20-4-2-18(15-31-20)26-32-33-27(38-26)25(29)30/h2-5,14-15,17,21-22,25H,6-13,16H2,1H3. The number of hydrogen-bond donors (Lipinski definition) is 0. The predicted molar refractivity (Wildman–Crippen MR) is 144 cm³/mol. The van der Waals surface area contributed by atoms with Gasteiger partial charge in [0.05, 0.1) is 29.2 Å². The van der Waals surface area contributed by atoms with E-state index in [4.69, 9.17) is 4.42 Å². The molecular weight excluding hydrogens is 529 g/mol. The Morgan fingerprint density at radius 2 is 1.87 bits per heavy atom. The van der Waals surface area contributed by atoms with Crippen molar-refractivity contribution in [1.29, 1.82) is 0 Å². The average molecular weight is 561 g/mol. The van der Waals surface area contributed by atoms with E-state index < -0.39 is 18.1 Å². The zero-order valence-corrected chi connectivity index (χ0v) is 22.5. The van der Waals surface area contributed by atoms with Gasteiger partial charge >= 0.3 is 6.43 Å². The number of thioether (sulfide) groups is 1. The first-order valence-electron chi connectivity index (χ1n) is 13.1. The molecule has 0 bridgehead atoms. The average Bonchev–Trinajstić information content (AvgIpc) is 3.47. The van der Waals surface area contributed by atoms with Gasteiger partial charge in [-0.3, -0.25) is 9.78 Å². The second-order valence-electron chi connectivity index (χ2n) is 9.87. The summed E-state index contributed by atoms with van der Waals surface area (Å²) in [6.45, 7) is 2.17. The fraction of sp³-hybridized carbons (Fsp3) is 0.481. The van der Waals surface area contributed by atoms with Crippen molar-refractivity contribution in [2.24, 2.45) is 0 Å². The first-order chi connectivity index (χ1) is 18.9. The minimum Gasteiger partial charge on any atom is -0.415 e. The molecule has 1 amide bonds. The largest absolute Gasteiger partial charge is 0.415 e. The minimum absolute atomic E-state index is 0.0703. The maximum Gasteiger partial charge on any atom is 0.314 e. The van der Waals surface area contributed by atoms with E-state index >= 15 is 0 Å². The number of amides is 1. The highest BCUT2D eigenvalue weighted by atomic mass is 32.2. The highest BCUT2D eigenvalue weighted by Crippen LogP contribution is 2.34. The molecule has 39 heavy (non-hydrogen) atoms. The number of pyridine rings is 1. The van der Waals surface area contributed by atoms with Gasteiger partial charge in [-0.25, -0.2) is 4.39 Å². The molecule has 2 aromatic heterocycles. The number of alkyl halides is 2. The molecule has 2 aliphatic rings. The Morgan fingerprint density at radius 3 is 2.51 bits per heavy atom. The van der Waals surface area contributed by atoms with Gasteiger partial charge in [0.15, 0.2) is 0 Å². The van der Waals surface area contributed by atoms with Crippen molar-refractivity contribution in [3.05, 3.63) is 53.9 Å². The number of anilines is 2. The highest BCUT2D eigenvalue weighted by molar-refractivity contribution is 7.99. The number of nitrogens with zero attached hydrogens (tertiary/aromatic N) is 6. The molecule has 12 heteroatoms. The smallest absolute Gasteiger partial charge is 0.314 e. The van der Waals surface area contributed by atoms with Crippen molar-refractivity contribution in [3.8, 4) is 11.5 Å².